The first-order chi connectivity index (χ1) is 21.7. The van der Waals surface area contributed by atoms with Gasteiger partial charge < -0.3 is 23.8 Å². The first kappa shape index (κ1) is 32.9. The number of rotatable bonds is 13. The highest BCUT2D eigenvalue weighted by atomic mass is 19.1. The number of carbonyl (C=O) groups excluding carboxylic acids is 3. The molecule has 0 fully saturated rings. The molecule has 4 rings (SSSR count). The fourth-order valence-corrected chi connectivity index (χ4v) is 5.19. The van der Waals surface area contributed by atoms with Gasteiger partial charge in [-0.25, -0.2) is 14.2 Å². The number of nitrogens with zero attached hydrogens (tertiary/aromatic N) is 2. The molecule has 1 aromatic heterocycles. The highest BCUT2D eigenvalue weighted by Gasteiger charge is 2.40. The van der Waals surface area contributed by atoms with E-state index in [0.29, 0.717) is 52.4 Å². The summed E-state index contributed by atoms with van der Waals surface area (Å²) in [6, 6.07) is 20.0. The van der Waals surface area contributed by atoms with E-state index >= 15 is 0 Å². The molecule has 1 heterocycles. The van der Waals surface area contributed by atoms with Crippen LogP contribution in [0.15, 0.2) is 72.8 Å². The van der Waals surface area contributed by atoms with Crippen molar-refractivity contribution in [2.24, 2.45) is 5.41 Å². The van der Waals surface area contributed by atoms with Gasteiger partial charge in [0.1, 0.15) is 23.9 Å². The number of carbonyl (C=O) groups is 3. The van der Waals surface area contributed by atoms with Crippen molar-refractivity contribution in [3.63, 3.8) is 0 Å². The van der Waals surface area contributed by atoms with E-state index in [9.17, 15) is 18.8 Å². The molecule has 0 radical (unpaired) electrons. The van der Waals surface area contributed by atoms with Crippen LogP contribution < -0.4 is 14.4 Å². The van der Waals surface area contributed by atoms with Crippen molar-refractivity contribution in [3.05, 3.63) is 95.4 Å². The van der Waals surface area contributed by atoms with Crippen LogP contribution in [0, 0.1) is 11.2 Å². The molecule has 0 saturated carbocycles. The van der Waals surface area contributed by atoms with Crippen LogP contribution in [-0.4, -0.2) is 44.2 Å². The Hall–Kier alpha value is -4.99. The maximum absolute atomic E-state index is 14.1. The molecule has 4 aromatic rings. The normalized spacial score (nSPS) is 11.2. The zero-order valence-electron chi connectivity index (χ0n) is 26.1. The molecule has 0 N–H and O–H groups in total. The summed E-state index contributed by atoms with van der Waals surface area (Å²) in [5.74, 6) is -0.766. The minimum atomic E-state index is -1.00. The van der Waals surface area contributed by atoms with Crippen molar-refractivity contribution < 1.29 is 37.7 Å². The van der Waals surface area contributed by atoms with E-state index in [0.717, 1.165) is 5.39 Å². The van der Waals surface area contributed by atoms with Crippen LogP contribution >= 0.6 is 0 Å². The number of hydrogen-bond acceptors (Lipinski definition) is 8. The minimum absolute atomic E-state index is 0.0788. The molecule has 9 nitrogen and oxygen atoms in total. The summed E-state index contributed by atoms with van der Waals surface area (Å²) in [4.78, 5) is 45.1. The zero-order valence-corrected chi connectivity index (χ0v) is 26.1. The SMILES string of the molecule is CCC(CC)(CC(=O)N(Cc1ccc(C(=O)OC)cc1OC)c1cccc(OCc2ccc3ccc(F)cc3n2)c1)C(=O)OC. The lowest BCUT2D eigenvalue weighted by Crippen LogP contribution is -2.40. The summed E-state index contributed by atoms with van der Waals surface area (Å²) in [5, 5.41) is 0.813. The number of ether oxygens (including phenoxy) is 4. The largest absolute Gasteiger partial charge is 0.496 e. The molecule has 0 saturated heterocycles. The number of fused-ring (bicyclic) bond motifs is 1. The van der Waals surface area contributed by atoms with Crippen LogP contribution in [0.4, 0.5) is 10.1 Å². The zero-order chi connectivity index (χ0) is 32.6. The second kappa shape index (κ2) is 14.7. The molecule has 0 bridgehead atoms. The van der Waals surface area contributed by atoms with Crippen LogP contribution in [0.25, 0.3) is 10.9 Å². The summed E-state index contributed by atoms with van der Waals surface area (Å²) in [6.45, 7) is 3.91. The fraction of sp³-hybridized carbons (Fsp3) is 0.314. The summed E-state index contributed by atoms with van der Waals surface area (Å²) in [5.41, 5.74) is 1.59. The van der Waals surface area contributed by atoms with Crippen LogP contribution in [0.5, 0.6) is 11.5 Å². The molecule has 0 aliphatic heterocycles. The smallest absolute Gasteiger partial charge is 0.337 e. The monoisotopic (exact) mass is 616 g/mol. The van der Waals surface area contributed by atoms with Gasteiger partial charge in [0.15, 0.2) is 0 Å². The van der Waals surface area contributed by atoms with Gasteiger partial charge in [-0.1, -0.05) is 32.0 Å². The lowest BCUT2D eigenvalue weighted by atomic mass is 9.78. The highest BCUT2D eigenvalue weighted by Crippen LogP contribution is 2.35. The molecule has 0 spiro atoms. The Morgan fingerprint density at radius 2 is 1.64 bits per heavy atom. The van der Waals surface area contributed by atoms with Gasteiger partial charge in [0.25, 0.3) is 0 Å². The van der Waals surface area contributed by atoms with Crippen LogP contribution in [-0.2, 0) is 32.2 Å². The van der Waals surface area contributed by atoms with Crippen LogP contribution in [0.2, 0.25) is 0 Å². The van der Waals surface area contributed by atoms with Gasteiger partial charge in [-0.15, -0.1) is 0 Å². The topological polar surface area (TPSA) is 104 Å². The van der Waals surface area contributed by atoms with E-state index in [-0.39, 0.29) is 31.3 Å². The second-order valence-corrected chi connectivity index (χ2v) is 10.6. The Bertz CT molecular complexity index is 1690. The number of anilines is 1. The summed E-state index contributed by atoms with van der Waals surface area (Å²) < 4.78 is 35.3. The quantitative estimate of drug-likeness (QED) is 0.154. The summed E-state index contributed by atoms with van der Waals surface area (Å²) in [6.07, 6.45) is 0.745. The Morgan fingerprint density at radius 3 is 2.33 bits per heavy atom. The first-order valence-corrected chi connectivity index (χ1v) is 14.6. The van der Waals surface area contributed by atoms with Crippen molar-refractivity contribution in [1.82, 2.24) is 4.98 Å². The molecule has 3 aromatic carbocycles. The molecule has 236 valence electrons. The fourth-order valence-electron chi connectivity index (χ4n) is 5.19. The maximum atomic E-state index is 14.1. The van der Waals surface area contributed by atoms with Crippen molar-refractivity contribution in [2.75, 3.05) is 26.2 Å². The number of halogens is 1. The molecular weight excluding hydrogens is 579 g/mol. The average molecular weight is 617 g/mol. The highest BCUT2D eigenvalue weighted by molar-refractivity contribution is 5.97. The van der Waals surface area contributed by atoms with Gasteiger partial charge in [0.05, 0.1) is 50.1 Å². The molecule has 0 unspecified atom stereocenters. The van der Waals surface area contributed by atoms with Gasteiger partial charge in [-0.3, -0.25) is 9.59 Å². The van der Waals surface area contributed by atoms with Gasteiger partial charge >= 0.3 is 11.9 Å². The van der Waals surface area contributed by atoms with Gasteiger partial charge in [0.2, 0.25) is 5.91 Å². The summed E-state index contributed by atoms with van der Waals surface area (Å²) >= 11 is 0. The number of hydrogen-bond donors (Lipinski definition) is 0. The number of methoxy groups -OCH3 is 3. The maximum Gasteiger partial charge on any atom is 0.337 e. The third-order valence-electron chi connectivity index (χ3n) is 8.03. The number of aromatic nitrogens is 1. The Kier molecular flexibility index (Phi) is 10.7. The lowest BCUT2D eigenvalue weighted by molar-refractivity contribution is -0.155. The van der Waals surface area contributed by atoms with E-state index in [1.54, 1.807) is 53.4 Å². The lowest BCUT2D eigenvalue weighted by Gasteiger charge is -2.32. The number of esters is 2. The average Bonchev–Trinajstić information content (AvgIpc) is 3.07. The van der Waals surface area contributed by atoms with Crippen molar-refractivity contribution in [2.45, 2.75) is 46.3 Å². The molecule has 0 aliphatic carbocycles. The Labute approximate surface area is 261 Å². The number of benzene rings is 3. The molecule has 10 heteroatoms. The van der Waals surface area contributed by atoms with Crippen LogP contribution in [0.3, 0.4) is 0 Å². The van der Waals surface area contributed by atoms with Gasteiger partial charge in [-0.05, 0) is 55.3 Å². The molecule has 0 atom stereocenters. The third-order valence-corrected chi connectivity index (χ3v) is 8.03. The van der Waals surface area contributed by atoms with E-state index in [1.807, 2.05) is 26.0 Å². The predicted octanol–water partition coefficient (Wildman–Crippen LogP) is 6.65. The first-order valence-electron chi connectivity index (χ1n) is 14.6. The van der Waals surface area contributed by atoms with E-state index in [1.165, 1.54) is 33.5 Å². The Morgan fingerprint density at radius 1 is 0.889 bits per heavy atom. The molecule has 1 amide bonds. The predicted molar refractivity (Wildman–Crippen MR) is 168 cm³/mol. The van der Waals surface area contributed by atoms with Crippen molar-refractivity contribution >= 4 is 34.4 Å². The van der Waals surface area contributed by atoms with E-state index < -0.39 is 17.4 Å². The van der Waals surface area contributed by atoms with E-state index in [4.69, 9.17) is 18.9 Å². The second-order valence-electron chi connectivity index (χ2n) is 10.6. The van der Waals surface area contributed by atoms with Crippen molar-refractivity contribution in [3.8, 4) is 11.5 Å². The molecule has 0 aliphatic rings. The van der Waals surface area contributed by atoms with E-state index in [2.05, 4.69) is 4.98 Å². The number of amides is 1. The minimum Gasteiger partial charge on any atom is -0.496 e. The summed E-state index contributed by atoms with van der Waals surface area (Å²) in [7, 11) is 4.09. The van der Waals surface area contributed by atoms with Crippen molar-refractivity contribution in [1.29, 1.82) is 0 Å². The number of pyridine rings is 1. The van der Waals surface area contributed by atoms with Gasteiger partial charge in [-0.2, -0.15) is 0 Å². The molecular formula is C35H37FN2O7. The Balaban J connectivity index is 1.67. The molecule has 45 heavy (non-hydrogen) atoms. The van der Waals surface area contributed by atoms with Gasteiger partial charge in [0, 0.05) is 35.2 Å². The third kappa shape index (κ3) is 7.57. The standard InChI is InChI=1S/C35H37FN2O7/c1-6-35(7-2,34(41)44-5)20-32(39)38(21-25-12-11-24(33(40)43-4)17-31(25)42-3)28-9-8-10-29(19-28)45-22-27-16-14-23-13-15-26(36)18-30(23)37-27/h8-19H,6-7,20-22H2,1-5H3. The van der Waals surface area contributed by atoms with Crippen LogP contribution in [0.1, 0.15) is 54.7 Å².